The van der Waals surface area contributed by atoms with E-state index in [9.17, 15) is 9.59 Å². The van der Waals surface area contributed by atoms with Crippen LogP contribution in [0, 0.1) is 6.92 Å². The number of hydrogen-bond acceptors (Lipinski definition) is 3. The molecule has 1 unspecified atom stereocenters. The van der Waals surface area contributed by atoms with Crippen molar-refractivity contribution in [3.8, 4) is 0 Å². The molecule has 4 nitrogen and oxygen atoms in total. The molecule has 0 aliphatic heterocycles. The zero-order valence-corrected chi connectivity index (χ0v) is 14.6. The molecule has 1 atom stereocenters. The maximum Gasteiger partial charge on any atom is 0.305 e. The van der Waals surface area contributed by atoms with E-state index in [1.165, 1.54) is 11.8 Å². The van der Waals surface area contributed by atoms with Crippen LogP contribution in [0.2, 0.25) is 0 Å². The highest BCUT2D eigenvalue weighted by molar-refractivity contribution is 9.10. The van der Waals surface area contributed by atoms with E-state index >= 15 is 0 Å². The lowest BCUT2D eigenvalue weighted by Gasteiger charge is -2.16. The Morgan fingerprint density at radius 2 is 2.14 bits per heavy atom. The molecule has 21 heavy (non-hydrogen) atoms. The van der Waals surface area contributed by atoms with Crippen LogP contribution in [0.1, 0.15) is 31.7 Å². The molecule has 0 spiro atoms. The Bertz CT molecular complexity index is 508. The highest BCUT2D eigenvalue weighted by Crippen LogP contribution is 2.25. The molecule has 0 aliphatic carbocycles. The summed E-state index contributed by atoms with van der Waals surface area (Å²) in [7, 11) is 0. The predicted molar refractivity (Wildman–Crippen MR) is 88.7 cm³/mol. The number of carbonyl (C=O) groups is 2. The second-order valence-electron chi connectivity index (χ2n) is 4.85. The molecule has 0 heterocycles. The molecule has 2 N–H and O–H groups in total. The van der Waals surface area contributed by atoms with Crippen LogP contribution in [0.25, 0.3) is 0 Å². The first kappa shape index (κ1) is 18.0. The Kier molecular flexibility index (Phi) is 7.82. The molecule has 1 aromatic carbocycles. The summed E-state index contributed by atoms with van der Waals surface area (Å²) in [5.41, 5.74) is 1.11. The number of carboxylic acids is 1. The molecule has 0 saturated carbocycles. The van der Waals surface area contributed by atoms with Crippen molar-refractivity contribution in [3.63, 3.8) is 0 Å². The highest BCUT2D eigenvalue weighted by Gasteiger charge is 2.15. The molecular formula is C15H20BrNO3S. The van der Waals surface area contributed by atoms with Gasteiger partial charge in [0.1, 0.15) is 0 Å². The number of rotatable bonds is 8. The molecular weight excluding hydrogens is 354 g/mol. The number of carboxylic acid groups (broad SMARTS) is 1. The highest BCUT2D eigenvalue weighted by atomic mass is 79.9. The lowest BCUT2D eigenvalue weighted by molar-refractivity contribution is -0.137. The van der Waals surface area contributed by atoms with Gasteiger partial charge in [-0.05, 0) is 37.1 Å². The molecule has 1 aromatic rings. The van der Waals surface area contributed by atoms with Crippen LogP contribution in [-0.4, -0.2) is 28.8 Å². The zero-order chi connectivity index (χ0) is 15.8. The molecule has 1 rings (SSSR count). The summed E-state index contributed by atoms with van der Waals surface area (Å²) in [5.74, 6) is -0.713. The Labute approximate surface area is 137 Å². The molecule has 6 heteroatoms. The minimum absolute atomic E-state index is 0.0262. The van der Waals surface area contributed by atoms with Gasteiger partial charge in [0.05, 0.1) is 12.2 Å². The van der Waals surface area contributed by atoms with E-state index in [0.717, 1.165) is 21.4 Å². The van der Waals surface area contributed by atoms with Gasteiger partial charge in [-0.2, -0.15) is 0 Å². The molecule has 0 aliphatic rings. The second kappa shape index (κ2) is 9.10. The third kappa shape index (κ3) is 7.00. The number of halogens is 1. The lowest BCUT2D eigenvalue weighted by Crippen LogP contribution is -2.37. The van der Waals surface area contributed by atoms with Crippen LogP contribution in [0.4, 0.5) is 0 Å². The van der Waals surface area contributed by atoms with Gasteiger partial charge in [0.25, 0.3) is 0 Å². The molecule has 0 bridgehead atoms. The Hall–Kier alpha value is -1.01. The second-order valence-corrected chi connectivity index (χ2v) is 6.78. The first-order chi connectivity index (χ1) is 9.92. The lowest BCUT2D eigenvalue weighted by atomic mass is 10.1. The van der Waals surface area contributed by atoms with Crippen molar-refractivity contribution >= 4 is 39.6 Å². The van der Waals surface area contributed by atoms with E-state index in [4.69, 9.17) is 5.11 Å². The Morgan fingerprint density at radius 1 is 1.43 bits per heavy atom. The van der Waals surface area contributed by atoms with Crippen LogP contribution < -0.4 is 5.32 Å². The number of carbonyl (C=O) groups excluding carboxylic acids is 1. The third-order valence-electron chi connectivity index (χ3n) is 2.92. The Morgan fingerprint density at radius 3 is 2.71 bits per heavy atom. The standard InChI is InChI=1S/C15H20BrNO3S/c1-3-4-12(8-15(19)20)17-14(18)9-21-13-6-5-11(16)7-10(13)2/h5-7,12H,3-4,8-9H2,1-2H3,(H,17,18)(H,19,20). The molecule has 0 radical (unpaired) electrons. The summed E-state index contributed by atoms with van der Waals surface area (Å²) < 4.78 is 1.01. The van der Waals surface area contributed by atoms with Crippen LogP contribution in [-0.2, 0) is 9.59 Å². The number of nitrogens with one attached hydrogen (secondary N) is 1. The van der Waals surface area contributed by atoms with Crippen molar-refractivity contribution < 1.29 is 14.7 Å². The number of thioether (sulfide) groups is 1. The number of aryl methyl sites for hydroxylation is 1. The van der Waals surface area contributed by atoms with Crippen molar-refractivity contribution in [2.24, 2.45) is 0 Å². The maximum absolute atomic E-state index is 11.9. The fraction of sp³-hybridized carbons (Fsp3) is 0.467. The number of amides is 1. The van der Waals surface area contributed by atoms with Crippen LogP contribution >= 0.6 is 27.7 Å². The number of aliphatic carboxylic acids is 1. The summed E-state index contributed by atoms with van der Waals surface area (Å²) >= 11 is 4.87. The van der Waals surface area contributed by atoms with E-state index in [-0.39, 0.29) is 18.4 Å². The smallest absolute Gasteiger partial charge is 0.305 e. The summed E-state index contributed by atoms with van der Waals surface area (Å²) in [6, 6.07) is 5.63. The summed E-state index contributed by atoms with van der Waals surface area (Å²) in [6.45, 7) is 3.97. The summed E-state index contributed by atoms with van der Waals surface area (Å²) in [6.07, 6.45) is 1.50. The van der Waals surface area contributed by atoms with E-state index in [2.05, 4.69) is 21.2 Å². The van der Waals surface area contributed by atoms with Gasteiger partial charge in [0.2, 0.25) is 5.91 Å². The molecule has 0 aromatic heterocycles. The minimum atomic E-state index is -0.884. The predicted octanol–water partition coefficient (Wildman–Crippen LogP) is 3.61. The van der Waals surface area contributed by atoms with Gasteiger partial charge in [-0.3, -0.25) is 9.59 Å². The largest absolute Gasteiger partial charge is 0.481 e. The quantitative estimate of drug-likeness (QED) is 0.683. The maximum atomic E-state index is 11.9. The zero-order valence-electron chi connectivity index (χ0n) is 12.2. The number of hydrogen-bond donors (Lipinski definition) is 2. The van der Waals surface area contributed by atoms with Gasteiger partial charge in [-0.25, -0.2) is 0 Å². The van der Waals surface area contributed by atoms with Crippen molar-refractivity contribution in [1.29, 1.82) is 0 Å². The third-order valence-corrected chi connectivity index (χ3v) is 4.59. The fourth-order valence-electron chi connectivity index (χ4n) is 1.97. The van der Waals surface area contributed by atoms with Gasteiger partial charge in [-0.1, -0.05) is 29.3 Å². The molecule has 0 fully saturated rings. The van der Waals surface area contributed by atoms with E-state index in [0.29, 0.717) is 12.2 Å². The van der Waals surface area contributed by atoms with Crippen molar-refractivity contribution in [2.45, 2.75) is 44.0 Å². The monoisotopic (exact) mass is 373 g/mol. The normalized spacial score (nSPS) is 12.0. The van der Waals surface area contributed by atoms with E-state index in [1.54, 1.807) is 0 Å². The average molecular weight is 374 g/mol. The summed E-state index contributed by atoms with van der Waals surface area (Å²) in [4.78, 5) is 23.7. The topological polar surface area (TPSA) is 66.4 Å². The fourth-order valence-corrected chi connectivity index (χ4v) is 3.27. The van der Waals surface area contributed by atoms with Gasteiger partial charge in [-0.15, -0.1) is 11.8 Å². The number of benzene rings is 1. The minimum Gasteiger partial charge on any atom is -0.481 e. The van der Waals surface area contributed by atoms with Crippen molar-refractivity contribution in [2.75, 3.05) is 5.75 Å². The van der Waals surface area contributed by atoms with Crippen molar-refractivity contribution in [1.82, 2.24) is 5.32 Å². The molecule has 116 valence electrons. The van der Waals surface area contributed by atoms with Crippen LogP contribution in [0.15, 0.2) is 27.6 Å². The molecule has 0 saturated heterocycles. The van der Waals surface area contributed by atoms with E-state index in [1.807, 2.05) is 32.0 Å². The average Bonchev–Trinajstić information content (AvgIpc) is 2.37. The van der Waals surface area contributed by atoms with Crippen molar-refractivity contribution in [3.05, 3.63) is 28.2 Å². The van der Waals surface area contributed by atoms with Gasteiger partial charge in [0, 0.05) is 15.4 Å². The molecule has 1 amide bonds. The van der Waals surface area contributed by atoms with Gasteiger partial charge in [0.15, 0.2) is 0 Å². The summed E-state index contributed by atoms with van der Waals surface area (Å²) in [5, 5.41) is 11.6. The van der Waals surface area contributed by atoms with Crippen LogP contribution in [0.5, 0.6) is 0 Å². The van der Waals surface area contributed by atoms with Gasteiger partial charge >= 0.3 is 5.97 Å². The first-order valence-electron chi connectivity index (χ1n) is 6.82. The Balaban J connectivity index is 2.50. The van der Waals surface area contributed by atoms with Gasteiger partial charge < -0.3 is 10.4 Å². The SMILES string of the molecule is CCCC(CC(=O)O)NC(=O)CSc1ccc(Br)cc1C. The van der Waals surface area contributed by atoms with E-state index < -0.39 is 5.97 Å². The first-order valence-corrected chi connectivity index (χ1v) is 8.60. The van der Waals surface area contributed by atoms with Crippen LogP contribution in [0.3, 0.4) is 0 Å².